The number of anilines is 1. The summed E-state index contributed by atoms with van der Waals surface area (Å²) in [4.78, 5) is 26.9. The Bertz CT molecular complexity index is 840. The maximum Gasteiger partial charge on any atom is 0.246 e. The summed E-state index contributed by atoms with van der Waals surface area (Å²) in [7, 11) is 0. The lowest BCUT2D eigenvalue weighted by atomic mass is 9.95. The van der Waals surface area contributed by atoms with Gasteiger partial charge in [0, 0.05) is 42.9 Å². The van der Waals surface area contributed by atoms with E-state index in [2.05, 4.69) is 5.32 Å². The third-order valence-corrected chi connectivity index (χ3v) is 5.13. The molecule has 5 heteroatoms. The third-order valence-electron chi connectivity index (χ3n) is 5.13. The van der Waals surface area contributed by atoms with Crippen LogP contribution in [0, 0.1) is 5.92 Å². The zero-order valence-corrected chi connectivity index (χ0v) is 16.8. The lowest BCUT2D eigenvalue weighted by molar-refractivity contribution is -0.130. The van der Waals surface area contributed by atoms with E-state index < -0.39 is 0 Å². The van der Waals surface area contributed by atoms with Gasteiger partial charge in [0.1, 0.15) is 0 Å². The highest BCUT2D eigenvalue weighted by Crippen LogP contribution is 2.22. The van der Waals surface area contributed by atoms with Crippen molar-refractivity contribution in [3.8, 4) is 0 Å². The average Bonchev–Trinajstić information content (AvgIpc) is 2.77. The van der Waals surface area contributed by atoms with E-state index in [9.17, 15) is 9.59 Å². The first-order valence-electron chi connectivity index (χ1n) is 10.2. The Morgan fingerprint density at radius 1 is 1.07 bits per heavy atom. The average molecular weight is 392 g/mol. The van der Waals surface area contributed by atoms with Gasteiger partial charge in [0.05, 0.1) is 6.61 Å². The minimum Gasteiger partial charge on any atom is -0.377 e. The summed E-state index contributed by atoms with van der Waals surface area (Å²) in [6, 6.07) is 17.5. The van der Waals surface area contributed by atoms with Gasteiger partial charge in [-0.25, -0.2) is 0 Å². The van der Waals surface area contributed by atoms with Gasteiger partial charge in [0.15, 0.2) is 0 Å². The zero-order chi connectivity index (χ0) is 20.5. The van der Waals surface area contributed by atoms with Crippen molar-refractivity contribution in [1.82, 2.24) is 4.90 Å². The van der Waals surface area contributed by atoms with Crippen LogP contribution in [0.3, 0.4) is 0 Å². The van der Waals surface area contributed by atoms with E-state index in [4.69, 9.17) is 4.74 Å². The lowest BCUT2D eigenvalue weighted by Gasteiger charge is -2.30. The van der Waals surface area contributed by atoms with Crippen LogP contribution in [0.1, 0.15) is 30.9 Å². The fourth-order valence-electron chi connectivity index (χ4n) is 3.41. The van der Waals surface area contributed by atoms with Crippen molar-refractivity contribution in [3.63, 3.8) is 0 Å². The number of para-hydroxylation sites is 1. The Balaban J connectivity index is 1.51. The molecule has 2 aromatic carbocycles. The molecule has 2 amide bonds. The largest absolute Gasteiger partial charge is 0.377 e. The molecule has 2 aromatic rings. The quantitative estimate of drug-likeness (QED) is 0.722. The summed E-state index contributed by atoms with van der Waals surface area (Å²) in [6.07, 6.45) is 4.78. The fraction of sp³-hybridized carbons (Fsp3) is 0.333. The highest BCUT2D eigenvalue weighted by molar-refractivity contribution is 5.94. The lowest BCUT2D eigenvalue weighted by Crippen LogP contribution is -2.40. The molecule has 0 aliphatic carbocycles. The van der Waals surface area contributed by atoms with E-state index in [1.807, 2.05) is 72.5 Å². The number of rotatable bonds is 7. The molecular formula is C24H28N2O3. The van der Waals surface area contributed by atoms with Crippen LogP contribution in [0.4, 0.5) is 5.69 Å². The van der Waals surface area contributed by atoms with Gasteiger partial charge in [0.25, 0.3) is 0 Å². The Hall–Kier alpha value is -2.92. The molecule has 0 aromatic heterocycles. The van der Waals surface area contributed by atoms with E-state index in [1.54, 1.807) is 6.08 Å². The second-order valence-electron chi connectivity index (χ2n) is 7.13. The second-order valence-corrected chi connectivity index (χ2v) is 7.13. The second kappa shape index (κ2) is 10.6. The van der Waals surface area contributed by atoms with Crippen LogP contribution in [0.15, 0.2) is 60.7 Å². The minimum absolute atomic E-state index is 0.00484. The predicted octanol–water partition coefficient (Wildman–Crippen LogP) is 4.11. The summed E-state index contributed by atoms with van der Waals surface area (Å²) < 4.78 is 5.48. The molecule has 5 nitrogen and oxygen atoms in total. The number of carbonyl (C=O) groups excluding carboxylic acids is 2. The van der Waals surface area contributed by atoms with E-state index in [-0.39, 0.29) is 17.7 Å². The first-order chi connectivity index (χ1) is 14.2. The van der Waals surface area contributed by atoms with Gasteiger partial charge in [-0.15, -0.1) is 0 Å². The highest BCUT2D eigenvalue weighted by atomic mass is 16.5. The Kier molecular flexibility index (Phi) is 7.59. The topological polar surface area (TPSA) is 58.6 Å². The van der Waals surface area contributed by atoms with E-state index in [1.165, 1.54) is 0 Å². The van der Waals surface area contributed by atoms with Crippen LogP contribution in [0.2, 0.25) is 0 Å². The summed E-state index contributed by atoms with van der Waals surface area (Å²) in [5, 5.41) is 3.04. The molecule has 1 saturated heterocycles. The van der Waals surface area contributed by atoms with Gasteiger partial charge < -0.3 is 15.0 Å². The molecule has 1 aliphatic rings. The normalized spacial score (nSPS) is 14.9. The number of amides is 2. The highest BCUT2D eigenvalue weighted by Gasteiger charge is 2.26. The van der Waals surface area contributed by atoms with Gasteiger partial charge >= 0.3 is 0 Å². The SMILES string of the molecule is CCOCc1ccccc1NC(=O)C1CCN(C(=O)/C=C/c2ccccc2)CC1. The molecule has 1 heterocycles. The van der Waals surface area contributed by atoms with Gasteiger partial charge in [-0.05, 0) is 37.5 Å². The number of nitrogens with zero attached hydrogens (tertiary/aromatic N) is 1. The van der Waals surface area contributed by atoms with Crippen molar-refractivity contribution in [2.45, 2.75) is 26.4 Å². The van der Waals surface area contributed by atoms with Gasteiger partial charge in [-0.2, -0.15) is 0 Å². The van der Waals surface area contributed by atoms with E-state index in [0.717, 1.165) is 16.8 Å². The van der Waals surface area contributed by atoms with Gasteiger partial charge in [-0.3, -0.25) is 9.59 Å². The summed E-state index contributed by atoms with van der Waals surface area (Å²) >= 11 is 0. The Morgan fingerprint density at radius 2 is 1.76 bits per heavy atom. The van der Waals surface area contributed by atoms with Gasteiger partial charge in [0.2, 0.25) is 11.8 Å². The maximum atomic E-state index is 12.7. The van der Waals surface area contributed by atoms with Crippen LogP contribution in [-0.2, 0) is 20.9 Å². The van der Waals surface area contributed by atoms with Crippen LogP contribution in [0.5, 0.6) is 0 Å². The number of nitrogens with one attached hydrogen (secondary N) is 1. The predicted molar refractivity (Wildman–Crippen MR) is 115 cm³/mol. The standard InChI is InChI=1S/C24H28N2O3/c1-2-29-18-21-10-6-7-11-22(21)25-24(28)20-14-16-26(17-15-20)23(27)13-12-19-8-4-3-5-9-19/h3-13,20H,2,14-18H2,1H3,(H,25,28)/b13-12+. The molecular weight excluding hydrogens is 364 g/mol. The molecule has 0 saturated carbocycles. The Labute approximate surface area is 172 Å². The number of ether oxygens (including phenoxy) is 1. The van der Waals surface area contributed by atoms with E-state index in [0.29, 0.717) is 39.1 Å². The molecule has 29 heavy (non-hydrogen) atoms. The van der Waals surface area contributed by atoms with Crippen molar-refractivity contribution >= 4 is 23.6 Å². The first-order valence-corrected chi connectivity index (χ1v) is 10.2. The fourth-order valence-corrected chi connectivity index (χ4v) is 3.41. The van der Waals surface area contributed by atoms with Crippen LogP contribution in [-0.4, -0.2) is 36.4 Å². The smallest absolute Gasteiger partial charge is 0.246 e. The van der Waals surface area contributed by atoms with Crippen LogP contribution < -0.4 is 5.32 Å². The van der Waals surface area contributed by atoms with Crippen molar-refractivity contribution < 1.29 is 14.3 Å². The van der Waals surface area contributed by atoms with Gasteiger partial charge in [-0.1, -0.05) is 48.5 Å². The third kappa shape index (κ3) is 6.03. The number of benzene rings is 2. The molecule has 3 rings (SSSR count). The molecule has 1 aliphatic heterocycles. The molecule has 0 radical (unpaired) electrons. The number of carbonyl (C=O) groups is 2. The first kappa shape index (κ1) is 20.8. The van der Waals surface area contributed by atoms with E-state index >= 15 is 0 Å². The molecule has 0 atom stereocenters. The van der Waals surface area contributed by atoms with Crippen molar-refractivity contribution in [2.24, 2.45) is 5.92 Å². The number of piperidine rings is 1. The van der Waals surface area contributed by atoms with Crippen molar-refractivity contribution in [2.75, 3.05) is 25.0 Å². The van der Waals surface area contributed by atoms with Crippen LogP contribution >= 0.6 is 0 Å². The summed E-state index contributed by atoms with van der Waals surface area (Å²) in [6.45, 7) is 4.25. The van der Waals surface area contributed by atoms with Crippen molar-refractivity contribution in [1.29, 1.82) is 0 Å². The summed E-state index contributed by atoms with van der Waals surface area (Å²) in [5.41, 5.74) is 2.78. The Morgan fingerprint density at radius 3 is 2.48 bits per heavy atom. The molecule has 1 N–H and O–H groups in total. The minimum atomic E-state index is -0.0858. The zero-order valence-electron chi connectivity index (χ0n) is 16.8. The number of hydrogen-bond donors (Lipinski definition) is 1. The maximum absolute atomic E-state index is 12.7. The van der Waals surface area contributed by atoms with Crippen LogP contribution in [0.25, 0.3) is 6.08 Å². The molecule has 152 valence electrons. The molecule has 0 bridgehead atoms. The molecule has 1 fully saturated rings. The molecule has 0 spiro atoms. The number of hydrogen-bond acceptors (Lipinski definition) is 3. The summed E-state index contributed by atoms with van der Waals surface area (Å²) in [5.74, 6) is -0.0760. The molecule has 0 unspecified atom stereocenters. The number of likely N-dealkylation sites (tertiary alicyclic amines) is 1. The van der Waals surface area contributed by atoms with Crippen molar-refractivity contribution in [3.05, 3.63) is 71.8 Å². The monoisotopic (exact) mass is 392 g/mol.